The van der Waals surface area contributed by atoms with E-state index >= 15 is 0 Å². The Kier molecular flexibility index (Phi) is 5.85. The number of nitrogens with one attached hydrogen (secondary N) is 2. The summed E-state index contributed by atoms with van der Waals surface area (Å²) in [4.78, 5) is 12.3. The first-order valence-corrected chi connectivity index (χ1v) is 9.59. The van der Waals surface area contributed by atoms with Crippen LogP contribution < -0.4 is 10.6 Å². The molecule has 0 bridgehead atoms. The number of rotatable bonds is 6. The predicted octanol–water partition coefficient (Wildman–Crippen LogP) is 4.85. The Morgan fingerprint density at radius 3 is 2.69 bits per heavy atom. The number of benzene rings is 2. The smallest absolute Gasteiger partial charge is 0.237 e. The van der Waals surface area contributed by atoms with Gasteiger partial charge >= 0.3 is 0 Å². The second kappa shape index (κ2) is 8.29. The number of thioether (sulfide) groups is 1. The summed E-state index contributed by atoms with van der Waals surface area (Å²) in [6.07, 6.45) is 0. The molecule has 3 rings (SSSR count). The lowest BCUT2D eigenvalue weighted by molar-refractivity contribution is -0.115. The number of aromatic nitrogens is 2. The minimum Gasteiger partial charge on any atom is -0.330 e. The van der Waals surface area contributed by atoms with Crippen LogP contribution in [-0.4, -0.2) is 21.4 Å². The standard InChI is InChI=1S/C18H17FN4OS2/c1-11-5-3-7-14(9-11)20-16(24)12(2)25-18-23-22-17(26-18)21-15-8-4-6-13(19)10-15/h3-10,12H,1-2H3,(H,20,24)(H,21,22)/t12-/m0/s1. The Bertz CT molecular complexity index is 915. The molecule has 5 nitrogen and oxygen atoms in total. The Morgan fingerprint density at radius 2 is 1.92 bits per heavy atom. The SMILES string of the molecule is Cc1cccc(NC(=O)[C@H](C)Sc2nnc(Nc3cccc(F)c3)s2)c1. The number of amides is 1. The number of aryl methyl sites for hydroxylation is 1. The van der Waals surface area contributed by atoms with Crippen molar-refractivity contribution in [3.05, 3.63) is 59.9 Å². The van der Waals surface area contributed by atoms with E-state index < -0.39 is 0 Å². The van der Waals surface area contributed by atoms with E-state index in [1.807, 2.05) is 38.1 Å². The molecule has 0 saturated heterocycles. The fraction of sp³-hybridized carbons (Fsp3) is 0.167. The molecule has 1 atom stereocenters. The van der Waals surface area contributed by atoms with E-state index in [4.69, 9.17) is 0 Å². The Morgan fingerprint density at radius 1 is 1.15 bits per heavy atom. The minimum absolute atomic E-state index is 0.101. The number of halogens is 1. The van der Waals surface area contributed by atoms with Crippen LogP contribution in [0.1, 0.15) is 12.5 Å². The first kappa shape index (κ1) is 18.3. The first-order valence-electron chi connectivity index (χ1n) is 7.90. The lowest BCUT2D eigenvalue weighted by Crippen LogP contribution is -2.22. The van der Waals surface area contributed by atoms with Crippen molar-refractivity contribution in [2.45, 2.75) is 23.4 Å². The molecule has 0 aliphatic carbocycles. The maximum Gasteiger partial charge on any atom is 0.237 e. The zero-order valence-electron chi connectivity index (χ0n) is 14.2. The van der Waals surface area contributed by atoms with Gasteiger partial charge in [0.2, 0.25) is 11.0 Å². The third kappa shape index (κ3) is 5.03. The lowest BCUT2D eigenvalue weighted by atomic mass is 10.2. The minimum atomic E-state index is -0.328. The van der Waals surface area contributed by atoms with Gasteiger partial charge in [-0.15, -0.1) is 10.2 Å². The van der Waals surface area contributed by atoms with Gasteiger partial charge in [-0.25, -0.2) is 4.39 Å². The zero-order valence-corrected chi connectivity index (χ0v) is 15.8. The molecule has 1 aromatic heterocycles. The van der Waals surface area contributed by atoms with Gasteiger partial charge in [-0.05, 0) is 49.7 Å². The summed E-state index contributed by atoms with van der Waals surface area (Å²) < 4.78 is 13.9. The fourth-order valence-corrected chi connectivity index (χ4v) is 4.09. The Balaban J connectivity index is 1.58. The van der Waals surface area contributed by atoms with Gasteiger partial charge in [0.15, 0.2) is 4.34 Å². The first-order chi connectivity index (χ1) is 12.5. The van der Waals surface area contributed by atoms with Crippen molar-refractivity contribution in [3.8, 4) is 0 Å². The average molecular weight is 388 g/mol. The molecule has 0 aliphatic rings. The number of hydrogen-bond donors (Lipinski definition) is 2. The average Bonchev–Trinajstić information content (AvgIpc) is 3.01. The van der Waals surface area contributed by atoms with Crippen LogP contribution in [0.4, 0.5) is 20.9 Å². The largest absolute Gasteiger partial charge is 0.330 e. The summed E-state index contributed by atoms with van der Waals surface area (Å²) in [6, 6.07) is 13.8. The van der Waals surface area contributed by atoms with Gasteiger partial charge in [-0.3, -0.25) is 4.79 Å². The molecule has 0 spiro atoms. The van der Waals surface area contributed by atoms with Crippen molar-refractivity contribution in [2.24, 2.45) is 0 Å². The number of anilines is 3. The second-order valence-electron chi connectivity index (χ2n) is 5.63. The lowest BCUT2D eigenvalue weighted by Gasteiger charge is -2.10. The van der Waals surface area contributed by atoms with E-state index in [0.29, 0.717) is 15.2 Å². The highest BCUT2D eigenvalue weighted by atomic mass is 32.2. The molecule has 26 heavy (non-hydrogen) atoms. The van der Waals surface area contributed by atoms with Gasteiger partial charge in [0.1, 0.15) is 5.82 Å². The summed E-state index contributed by atoms with van der Waals surface area (Å²) in [5.41, 5.74) is 2.46. The van der Waals surface area contributed by atoms with Crippen molar-refractivity contribution >= 4 is 45.5 Å². The summed E-state index contributed by atoms with van der Waals surface area (Å²) in [5, 5.41) is 14.2. The topological polar surface area (TPSA) is 66.9 Å². The molecular weight excluding hydrogens is 371 g/mol. The third-order valence-corrected chi connectivity index (χ3v) is 5.44. The molecule has 0 unspecified atom stereocenters. The molecule has 1 heterocycles. The molecule has 0 aliphatic heterocycles. The summed E-state index contributed by atoms with van der Waals surface area (Å²) in [6.45, 7) is 3.79. The highest BCUT2D eigenvalue weighted by molar-refractivity contribution is 8.02. The van der Waals surface area contributed by atoms with Crippen LogP contribution in [0.25, 0.3) is 0 Å². The number of carbonyl (C=O) groups is 1. The van der Waals surface area contributed by atoms with Crippen LogP contribution in [0.3, 0.4) is 0 Å². The maximum atomic E-state index is 13.2. The fourth-order valence-electron chi connectivity index (χ4n) is 2.17. The quantitative estimate of drug-likeness (QED) is 0.591. The zero-order chi connectivity index (χ0) is 18.5. The highest BCUT2D eigenvalue weighted by Gasteiger charge is 2.17. The van der Waals surface area contributed by atoms with Gasteiger partial charge in [0.05, 0.1) is 5.25 Å². The molecule has 0 fully saturated rings. The monoisotopic (exact) mass is 388 g/mol. The van der Waals surface area contributed by atoms with Gasteiger partial charge in [0, 0.05) is 11.4 Å². The molecule has 0 saturated carbocycles. The maximum absolute atomic E-state index is 13.2. The van der Waals surface area contributed by atoms with Crippen LogP contribution in [-0.2, 0) is 4.79 Å². The number of nitrogens with zero attached hydrogens (tertiary/aromatic N) is 2. The molecule has 8 heteroatoms. The Hall–Kier alpha value is -2.45. The van der Waals surface area contributed by atoms with Crippen LogP contribution in [0.15, 0.2) is 52.9 Å². The van der Waals surface area contributed by atoms with Crippen LogP contribution in [0, 0.1) is 12.7 Å². The van der Waals surface area contributed by atoms with E-state index in [0.717, 1.165) is 11.3 Å². The van der Waals surface area contributed by atoms with Crippen molar-refractivity contribution in [1.29, 1.82) is 0 Å². The summed E-state index contributed by atoms with van der Waals surface area (Å²) >= 11 is 2.64. The number of hydrogen-bond acceptors (Lipinski definition) is 6. The molecule has 2 N–H and O–H groups in total. The molecular formula is C18H17FN4OS2. The normalized spacial score (nSPS) is 11.8. The van der Waals surface area contributed by atoms with E-state index in [1.54, 1.807) is 12.1 Å². The molecule has 134 valence electrons. The summed E-state index contributed by atoms with van der Waals surface area (Å²) in [7, 11) is 0. The summed E-state index contributed by atoms with van der Waals surface area (Å²) in [5.74, 6) is -0.425. The third-order valence-electron chi connectivity index (χ3n) is 3.41. The van der Waals surface area contributed by atoms with Gasteiger partial charge < -0.3 is 10.6 Å². The van der Waals surface area contributed by atoms with Gasteiger partial charge in [0.25, 0.3) is 0 Å². The van der Waals surface area contributed by atoms with Crippen LogP contribution >= 0.6 is 23.1 Å². The van der Waals surface area contributed by atoms with Crippen molar-refractivity contribution in [3.63, 3.8) is 0 Å². The highest BCUT2D eigenvalue weighted by Crippen LogP contribution is 2.31. The molecule has 1 amide bonds. The number of carbonyl (C=O) groups excluding carboxylic acids is 1. The molecule has 3 aromatic rings. The molecule has 2 aromatic carbocycles. The van der Waals surface area contributed by atoms with Gasteiger partial charge in [-0.1, -0.05) is 41.3 Å². The molecule has 0 radical (unpaired) electrons. The van der Waals surface area contributed by atoms with Crippen LogP contribution in [0.5, 0.6) is 0 Å². The van der Waals surface area contributed by atoms with E-state index in [1.165, 1.54) is 35.2 Å². The van der Waals surface area contributed by atoms with E-state index in [2.05, 4.69) is 20.8 Å². The van der Waals surface area contributed by atoms with Crippen LogP contribution in [0.2, 0.25) is 0 Å². The van der Waals surface area contributed by atoms with E-state index in [9.17, 15) is 9.18 Å². The van der Waals surface area contributed by atoms with Crippen molar-refractivity contribution < 1.29 is 9.18 Å². The van der Waals surface area contributed by atoms with Crippen molar-refractivity contribution in [2.75, 3.05) is 10.6 Å². The van der Waals surface area contributed by atoms with Gasteiger partial charge in [-0.2, -0.15) is 0 Å². The second-order valence-corrected chi connectivity index (χ2v) is 8.19. The van der Waals surface area contributed by atoms with E-state index in [-0.39, 0.29) is 17.0 Å². The Labute approximate surface area is 159 Å². The predicted molar refractivity (Wildman–Crippen MR) is 105 cm³/mol. The van der Waals surface area contributed by atoms with Crippen molar-refractivity contribution in [1.82, 2.24) is 10.2 Å².